The predicted molar refractivity (Wildman–Crippen MR) is 58.3 cm³/mol. The van der Waals surface area contributed by atoms with Crippen molar-refractivity contribution in [1.82, 2.24) is 10.2 Å². The van der Waals surface area contributed by atoms with Crippen LogP contribution in [0.1, 0.15) is 19.1 Å². The van der Waals surface area contributed by atoms with Gasteiger partial charge in [-0.2, -0.15) is 0 Å². The Labute approximate surface area is 90.3 Å². The predicted octanol–water partition coefficient (Wildman–Crippen LogP) is 1.24. The van der Waals surface area contributed by atoms with Crippen molar-refractivity contribution in [3.8, 4) is 0 Å². The van der Waals surface area contributed by atoms with E-state index < -0.39 is 0 Å². The van der Waals surface area contributed by atoms with E-state index in [4.69, 9.17) is 4.42 Å². The second kappa shape index (κ2) is 6.24. The molecule has 0 spiro atoms. The summed E-state index contributed by atoms with van der Waals surface area (Å²) >= 11 is 0. The van der Waals surface area contributed by atoms with Gasteiger partial charge in [0.2, 0.25) is 5.91 Å². The maximum absolute atomic E-state index is 11.4. The molecule has 0 saturated heterocycles. The molecule has 0 aromatic carbocycles. The van der Waals surface area contributed by atoms with Crippen molar-refractivity contribution in [2.75, 3.05) is 20.1 Å². The molecule has 1 rings (SSSR count). The van der Waals surface area contributed by atoms with Crippen LogP contribution in [0, 0.1) is 0 Å². The molecule has 0 unspecified atom stereocenters. The molecule has 0 fully saturated rings. The summed E-state index contributed by atoms with van der Waals surface area (Å²) in [5.41, 5.74) is 0. The van der Waals surface area contributed by atoms with Crippen molar-refractivity contribution in [3.63, 3.8) is 0 Å². The summed E-state index contributed by atoms with van der Waals surface area (Å²) in [7, 11) is 1.90. The summed E-state index contributed by atoms with van der Waals surface area (Å²) in [6.07, 6.45) is 2.61. The van der Waals surface area contributed by atoms with Gasteiger partial charge in [0.05, 0.1) is 19.4 Å². The standard InChI is InChI=1S/C11H18N2O2/c1-3-6-12-11(14)9-13(2)8-10-5-4-7-15-10/h4-5,7H,3,6,8-9H2,1-2H3,(H,12,14). The van der Waals surface area contributed by atoms with Crippen molar-refractivity contribution < 1.29 is 9.21 Å². The lowest BCUT2D eigenvalue weighted by Crippen LogP contribution is -2.35. The monoisotopic (exact) mass is 210 g/mol. The van der Waals surface area contributed by atoms with Crippen molar-refractivity contribution in [2.24, 2.45) is 0 Å². The van der Waals surface area contributed by atoms with Crippen LogP contribution in [0.2, 0.25) is 0 Å². The number of carbonyl (C=O) groups is 1. The van der Waals surface area contributed by atoms with Crippen LogP contribution in [-0.2, 0) is 11.3 Å². The number of hydrogen-bond acceptors (Lipinski definition) is 3. The molecule has 4 nitrogen and oxygen atoms in total. The lowest BCUT2D eigenvalue weighted by molar-refractivity contribution is -0.122. The first kappa shape index (κ1) is 11.8. The van der Waals surface area contributed by atoms with Gasteiger partial charge in [0, 0.05) is 6.54 Å². The van der Waals surface area contributed by atoms with E-state index in [1.165, 1.54) is 0 Å². The minimum absolute atomic E-state index is 0.0610. The molecule has 0 aliphatic carbocycles. The number of rotatable bonds is 6. The van der Waals surface area contributed by atoms with Crippen LogP contribution >= 0.6 is 0 Å². The van der Waals surface area contributed by atoms with E-state index in [9.17, 15) is 4.79 Å². The Morgan fingerprint density at radius 1 is 1.60 bits per heavy atom. The number of amides is 1. The van der Waals surface area contributed by atoms with E-state index in [0.717, 1.165) is 18.7 Å². The van der Waals surface area contributed by atoms with Crippen molar-refractivity contribution in [2.45, 2.75) is 19.9 Å². The van der Waals surface area contributed by atoms with Gasteiger partial charge in [-0.3, -0.25) is 9.69 Å². The zero-order valence-electron chi connectivity index (χ0n) is 9.32. The molecule has 1 aromatic heterocycles. The van der Waals surface area contributed by atoms with Crippen LogP contribution in [0.3, 0.4) is 0 Å². The summed E-state index contributed by atoms with van der Waals surface area (Å²) < 4.78 is 5.19. The summed E-state index contributed by atoms with van der Waals surface area (Å²) in [5, 5.41) is 2.83. The van der Waals surface area contributed by atoms with Gasteiger partial charge >= 0.3 is 0 Å². The summed E-state index contributed by atoms with van der Waals surface area (Å²) in [6, 6.07) is 3.75. The molecule has 0 aliphatic rings. The highest BCUT2D eigenvalue weighted by atomic mass is 16.3. The highest BCUT2D eigenvalue weighted by molar-refractivity contribution is 5.77. The molecule has 1 heterocycles. The largest absolute Gasteiger partial charge is 0.468 e. The maximum atomic E-state index is 11.4. The third-order valence-corrected chi connectivity index (χ3v) is 1.99. The lowest BCUT2D eigenvalue weighted by atomic mass is 10.4. The first-order valence-corrected chi connectivity index (χ1v) is 5.20. The Bertz CT molecular complexity index is 283. The second-order valence-corrected chi connectivity index (χ2v) is 3.60. The first-order chi connectivity index (χ1) is 7.22. The second-order valence-electron chi connectivity index (χ2n) is 3.60. The number of furan rings is 1. The average molecular weight is 210 g/mol. The van der Waals surface area contributed by atoms with Gasteiger partial charge in [0.1, 0.15) is 5.76 Å². The van der Waals surface area contributed by atoms with Crippen LogP contribution in [0.25, 0.3) is 0 Å². The SMILES string of the molecule is CCCNC(=O)CN(C)Cc1ccco1. The Morgan fingerprint density at radius 2 is 2.40 bits per heavy atom. The molecular formula is C11H18N2O2. The summed E-state index contributed by atoms with van der Waals surface area (Å²) in [6.45, 7) is 3.84. The van der Waals surface area contributed by atoms with Gasteiger partial charge < -0.3 is 9.73 Å². The fourth-order valence-corrected chi connectivity index (χ4v) is 1.29. The Kier molecular flexibility index (Phi) is 4.90. The molecule has 1 N–H and O–H groups in total. The Hall–Kier alpha value is -1.29. The van der Waals surface area contributed by atoms with E-state index in [0.29, 0.717) is 13.1 Å². The molecule has 1 aromatic rings. The minimum Gasteiger partial charge on any atom is -0.468 e. The highest BCUT2D eigenvalue weighted by Gasteiger charge is 2.07. The van der Waals surface area contributed by atoms with Gasteiger partial charge in [-0.15, -0.1) is 0 Å². The third kappa shape index (κ3) is 4.65. The number of nitrogens with one attached hydrogen (secondary N) is 1. The zero-order valence-corrected chi connectivity index (χ0v) is 9.32. The van der Waals surface area contributed by atoms with E-state index in [2.05, 4.69) is 5.32 Å². The van der Waals surface area contributed by atoms with E-state index in [1.54, 1.807) is 6.26 Å². The van der Waals surface area contributed by atoms with E-state index in [1.807, 2.05) is 31.0 Å². The molecule has 84 valence electrons. The van der Waals surface area contributed by atoms with Crippen molar-refractivity contribution in [3.05, 3.63) is 24.2 Å². The molecule has 15 heavy (non-hydrogen) atoms. The molecule has 0 bridgehead atoms. The molecule has 0 saturated carbocycles. The summed E-state index contributed by atoms with van der Waals surface area (Å²) in [5.74, 6) is 0.937. The van der Waals surface area contributed by atoms with Crippen LogP contribution in [-0.4, -0.2) is 30.9 Å². The smallest absolute Gasteiger partial charge is 0.234 e. The average Bonchev–Trinajstić information content (AvgIpc) is 2.67. The van der Waals surface area contributed by atoms with Crippen LogP contribution in [0.15, 0.2) is 22.8 Å². The maximum Gasteiger partial charge on any atom is 0.234 e. The van der Waals surface area contributed by atoms with Crippen LogP contribution < -0.4 is 5.32 Å². The zero-order chi connectivity index (χ0) is 11.1. The van der Waals surface area contributed by atoms with Gasteiger partial charge in [0.15, 0.2) is 0 Å². The number of hydrogen-bond donors (Lipinski definition) is 1. The number of nitrogens with zero attached hydrogens (tertiary/aromatic N) is 1. The normalized spacial score (nSPS) is 10.6. The Morgan fingerprint density at radius 3 is 3.00 bits per heavy atom. The van der Waals surface area contributed by atoms with E-state index in [-0.39, 0.29) is 5.91 Å². The molecule has 0 aliphatic heterocycles. The van der Waals surface area contributed by atoms with Crippen LogP contribution in [0.5, 0.6) is 0 Å². The van der Waals surface area contributed by atoms with Gasteiger partial charge in [-0.05, 0) is 25.6 Å². The molecule has 0 atom stereocenters. The fraction of sp³-hybridized carbons (Fsp3) is 0.545. The molecular weight excluding hydrogens is 192 g/mol. The topological polar surface area (TPSA) is 45.5 Å². The summed E-state index contributed by atoms with van der Waals surface area (Å²) in [4.78, 5) is 13.3. The fourth-order valence-electron chi connectivity index (χ4n) is 1.29. The quantitative estimate of drug-likeness (QED) is 0.768. The van der Waals surface area contributed by atoms with Gasteiger partial charge in [-0.25, -0.2) is 0 Å². The van der Waals surface area contributed by atoms with Crippen LogP contribution in [0.4, 0.5) is 0 Å². The number of likely N-dealkylation sites (N-methyl/N-ethyl adjacent to an activating group) is 1. The first-order valence-electron chi connectivity index (χ1n) is 5.20. The molecule has 1 amide bonds. The van der Waals surface area contributed by atoms with Gasteiger partial charge in [0.25, 0.3) is 0 Å². The lowest BCUT2D eigenvalue weighted by Gasteiger charge is -2.14. The van der Waals surface area contributed by atoms with Crippen molar-refractivity contribution >= 4 is 5.91 Å². The molecule has 4 heteroatoms. The molecule has 0 radical (unpaired) electrons. The van der Waals surface area contributed by atoms with Crippen molar-refractivity contribution in [1.29, 1.82) is 0 Å². The van der Waals surface area contributed by atoms with E-state index >= 15 is 0 Å². The Balaban J connectivity index is 2.23. The highest BCUT2D eigenvalue weighted by Crippen LogP contribution is 2.02. The third-order valence-electron chi connectivity index (χ3n) is 1.99. The van der Waals surface area contributed by atoms with Gasteiger partial charge in [-0.1, -0.05) is 6.92 Å². The minimum atomic E-state index is 0.0610. The number of carbonyl (C=O) groups excluding carboxylic acids is 1.